The van der Waals surface area contributed by atoms with Crippen LogP contribution in [0.25, 0.3) is 0 Å². The molecule has 2 aliphatic carbocycles. The number of carboxylic acid groups (broad SMARTS) is 1. The summed E-state index contributed by atoms with van der Waals surface area (Å²) in [6.45, 7) is -0.0112. The summed E-state index contributed by atoms with van der Waals surface area (Å²) in [6, 6.07) is 5.34. The highest BCUT2D eigenvalue weighted by atomic mass is 32.2. The van der Waals surface area contributed by atoms with Crippen molar-refractivity contribution in [1.82, 2.24) is 4.90 Å². The second-order valence-corrected chi connectivity index (χ2v) is 13.2. The highest BCUT2D eigenvalue weighted by Gasteiger charge is 2.63. The third-order valence-corrected chi connectivity index (χ3v) is 11.5. The minimum atomic E-state index is -5.85. The van der Waals surface area contributed by atoms with E-state index in [-0.39, 0.29) is 47.7 Å². The van der Waals surface area contributed by atoms with Crippen molar-refractivity contribution in [2.75, 3.05) is 6.54 Å². The van der Waals surface area contributed by atoms with Crippen molar-refractivity contribution in [1.29, 1.82) is 0 Å². The van der Waals surface area contributed by atoms with Crippen LogP contribution in [0.3, 0.4) is 0 Å². The van der Waals surface area contributed by atoms with Crippen molar-refractivity contribution < 1.29 is 49.5 Å². The van der Waals surface area contributed by atoms with Gasteiger partial charge >= 0.3 is 18.1 Å². The van der Waals surface area contributed by atoms with E-state index in [4.69, 9.17) is 0 Å². The van der Waals surface area contributed by atoms with Crippen LogP contribution in [0.2, 0.25) is 0 Å². The van der Waals surface area contributed by atoms with Gasteiger partial charge in [-0.05, 0) is 86.4 Å². The summed E-state index contributed by atoms with van der Waals surface area (Å²) >= 11 is 0. The molecular formula is C28H27F6NO5S. The molecule has 3 aliphatic rings. The van der Waals surface area contributed by atoms with Gasteiger partial charge < -0.3 is 10.0 Å². The number of hydrogen-bond acceptors (Lipinski definition) is 4. The molecular weight excluding hydrogens is 576 g/mol. The molecule has 2 atom stereocenters. The van der Waals surface area contributed by atoms with E-state index in [2.05, 4.69) is 0 Å². The molecule has 13 heteroatoms. The maximum atomic E-state index is 14.3. The lowest BCUT2D eigenvalue weighted by atomic mass is 9.77. The molecule has 6 nitrogen and oxygen atoms in total. The van der Waals surface area contributed by atoms with Gasteiger partial charge in [-0.15, -0.1) is 0 Å². The van der Waals surface area contributed by atoms with Crippen LogP contribution in [-0.4, -0.2) is 49.1 Å². The first-order chi connectivity index (χ1) is 19.1. The molecule has 0 radical (unpaired) electrons. The zero-order chi connectivity index (χ0) is 30.0. The van der Waals surface area contributed by atoms with Crippen LogP contribution < -0.4 is 0 Å². The Morgan fingerprint density at radius 2 is 1.51 bits per heavy atom. The van der Waals surface area contributed by atoms with Crippen LogP contribution in [0.5, 0.6) is 0 Å². The maximum absolute atomic E-state index is 14.3. The summed E-state index contributed by atoms with van der Waals surface area (Å²) in [5.74, 6) is -8.22. The van der Waals surface area contributed by atoms with Crippen molar-refractivity contribution in [2.24, 2.45) is 11.8 Å². The third-order valence-electron chi connectivity index (χ3n) is 8.92. The number of aryl methyl sites for hydroxylation is 1. The molecule has 1 amide bonds. The van der Waals surface area contributed by atoms with Crippen LogP contribution in [0.4, 0.5) is 26.3 Å². The van der Waals surface area contributed by atoms with Crippen molar-refractivity contribution in [3.05, 3.63) is 65.0 Å². The SMILES string of the molecule is O=C(O)C1CCC(C(=O)N2CCC3(S(=O)(=O)c4ccc(F)cc4)c4ccc(C(F)(F)C(F)(F)F)cc4CCC23)CC1. The quantitative estimate of drug-likeness (QED) is 0.356. The summed E-state index contributed by atoms with van der Waals surface area (Å²) in [6.07, 6.45) is -4.85. The Morgan fingerprint density at radius 3 is 2.10 bits per heavy atom. The van der Waals surface area contributed by atoms with Crippen LogP contribution in [0.1, 0.15) is 55.2 Å². The number of carboxylic acids is 1. The summed E-state index contributed by atoms with van der Waals surface area (Å²) in [4.78, 5) is 26.2. The molecule has 1 saturated carbocycles. The molecule has 2 aromatic rings. The van der Waals surface area contributed by atoms with E-state index in [0.717, 1.165) is 30.3 Å². The third kappa shape index (κ3) is 4.60. The first kappa shape index (κ1) is 29.4. The number of sulfone groups is 1. The van der Waals surface area contributed by atoms with Gasteiger partial charge in [-0.25, -0.2) is 12.8 Å². The van der Waals surface area contributed by atoms with E-state index >= 15 is 0 Å². The number of amides is 1. The number of aliphatic carboxylic acids is 1. The van der Waals surface area contributed by atoms with E-state index < -0.39 is 61.9 Å². The molecule has 222 valence electrons. The molecule has 5 rings (SSSR count). The lowest BCUT2D eigenvalue weighted by Gasteiger charge is -2.43. The summed E-state index contributed by atoms with van der Waals surface area (Å²) in [5.41, 5.74) is -1.24. The zero-order valence-corrected chi connectivity index (χ0v) is 22.5. The van der Waals surface area contributed by atoms with E-state index in [1.807, 2.05) is 0 Å². The van der Waals surface area contributed by atoms with E-state index in [9.17, 15) is 49.5 Å². The number of likely N-dealkylation sites (tertiary alicyclic amines) is 1. The lowest BCUT2D eigenvalue weighted by molar-refractivity contribution is -0.289. The predicted molar refractivity (Wildman–Crippen MR) is 133 cm³/mol. The van der Waals surface area contributed by atoms with Gasteiger partial charge in [0.25, 0.3) is 0 Å². The Kier molecular flexibility index (Phi) is 7.19. The average molecular weight is 604 g/mol. The maximum Gasteiger partial charge on any atom is 0.458 e. The van der Waals surface area contributed by atoms with Gasteiger partial charge in [0, 0.05) is 18.0 Å². The van der Waals surface area contributed by atoms with Gasteiger partial charge in [-0.3, -0.25) is 9.59 Å². The number of hydrogen-bond donors (Lipinski definition) is 1. The standard InChI is InChI=1S/C28H27F6NO5S/c29-20-7-9-21(10-8-20)41(39,40)26-13-14-35(24(36)16-1-3-17(4-2-16)25(37)38)23(26)12-5-18-15-19(6-11-22(18)26)27(30,31)28(32,33)34/h6-11,15-17,23H,1-5,12-14H2,(H,37,38). The van der Waals surface area contributed by atoms with E-state index in [1.54, 1.807) is 0 Å². The van der Waals surface area contributed by atoms with Crippen LogP contribution in [0.15, 0.2) is 47.4 Å². The number of fused-ring (bicyclic) bond motifs is 3. The zero-order valence-electron chi connectivity index (χ0n) is 21.6. The minimum absolute atomic E-state index is 0.00925. The second-order valence-electron chi connectivity index (χ2n) is 11.0. The molecule has 0 bridgehead atoms. The molecule has 2 aromatic carbocycles. The fraction of sp³-hybridized carbons (Fsp3) is 0.500. The van der Waals surface area contributed by atoms with Crippen LogP contribution in [-0.2, 0) is 36.5 Å². The highest BCUT2D eigenvalue weighted by Crippen LogP contribution is 2.54. The molecule has 0 spiro atoms. The Labute approximate surface area is 232 Å². The smallest absolute Gasteiger partial charge is 0.458 e. The summed E-state index contributed by atoms with van der Waals surface area (Å²) in [7, 11) is -4.43. The number of benzene rings is 2. The van der Waals surface area contributed by atoms with Gasteiger partial charge in [0.15, 0.2) is 9.84 Å². The average Bonchev–Trinajstić information content (AvgIpc) is 3.34. The number of rotatable bonds is 5. The van der Waals surface area contributed by atoms with Gasteiger partial charge in [0.2, 0.25) is 5.91 Å². The Hall–Kier alpha value is -3.09. The van der Waals surface area contributed by atoms with Crippen molar-refractivity contribution in [2.45, 2.75) is 72.7 Å². The largest absolute Gasteiger partial charge is 0.481 e. The fourth-order valence-corrected chi connectivity index (χ4v) is 9.16. The van der Waals surface area contributed by atoms with Gasteiger partial charge in [0.1, 0.15) is 10.6 Å². The molecule has 2 unspecified atom stereocenters. The van der Waals surface area contributed by atoms with Crippen molar-refractivity contribution >= 4 is 21.7 Å². The first-order valence-corrected chi connectivity index (χ1v) is 14.7. The summed E-state index contributed by atoms with van der Waals surface area (Å²) < 4.78 is 108. The van der Waals surface area contributed by atoms with E-state index in [0.29, 0.717) is 37.8 Å². The van der Waals surface area contributed by atoms with E-state index in [1.165, 1.54) is 4.90 Å². The first-order valence-electron chi connectivity index (χ1n) is 13.2. The molecule has 1 N–H and O–H groups in total. The number of halogens is 6. The highest BCUT2D eigenvalue weighted by molar-refractivity contribution is 7.92. The Balaban J connectivity index is 1.59. The number of alkyl halides is 5. The number of nitrogens with zero attached hydrogens (tertiary/aromatic N) is 1. The molecule has 1 heterocycles. The van der Waals surface area contributed by atoms with Crippen molar-refractivity contribution in [3.8, 4) is 0 Å². The van der Waals surface area contributed by atoms with Crippen LogP contribution in [0, 0.1) is 17.7 Å². The van der Waals surface area contributed by atoms with Gasteiger partial charge in [-0.1, -0.05) is 12.1 Å². The Bertz CT molecular complexity index is 1470. The molecule has 1 saturated heterocycles. The molecule has 1 aliphatic heterocycles. The molecule has 2 fully saturated rings. The van der Waals surface area contributed by atoms with Gasteiger partial charge in [-0.2, -0.15) is 22.0 Å². The Morgan fingerprint density at radius 1 is 0.902 bits per heavy atom. The monoisotopic (exact) mass is 603 g/mol. The summed E-state index contributed by atoms with van der Waals surface area (Å²) in [5, 5.41) is 9.29. The predicted octanol–water partition coefficient (Wildman–Crippen LogP) is 5.59. The normalized spacial score (nSPS) is 26.8. The lowest BCUT2D eigenvalue weighted by Crippen LogP contribution is -2.53. The number of carbonyl (C=O) groups excluding carboxylic acids is 1. The minimum Gasteiger partial charge on any atom is -0.481 e. The molecule has 0 aromatic heterocycles. The number of carbonyl (C=O) groups is 2. The van der Waals surface area contributed by atoms with Crippen LogP contribution >= 0.6 is 0 Å². The van der Waals surface area contributed by atoms with Gasteiger partial charge in [0.05, 0.1) is 16.9 Å². The second kappa shape index (κ2) is 10.0. The topological polar surface area (TPSA) is 91.8 Å². The molecule has 41 heavy (non-hydrogen) atoms. The fourth-order valence-electron chi connectivity index (χ4n) is 6.80. The van der Waals surface area contributed by atoms with Crippen molar-refractivity contribution in [3.63, 3.8) is 0 Å².